The SMILES string of the molecule is COc1cccc(C(C)n2c(C)cc(C#CC3CC3)cc2=O)c1. The second-order valence-corrected chi connectivity index (χ2v) is 6.09. The summed E-state index contributed by atoms with van der Waals surface area (Å²) in [6.45, 7) is 3.99. The van der Waals surface area contributed by atoms with Crippen LogP contribution in [-0.2, 0) is 0 Å². The first kappa shape index (κ1) is 15.4. The molecule has 3 heteroatoms. The van der Waals surface area contributed by atoms with E-state index in [1.165, 1.54) is 12.8 Å². The third-order valence-electron chi connectivity index (χ3n) is 4.22. The van der Waals surface area contributed by atoms with Gasteiger partial charge in [0.25, 0.3) is 5.56 Å². The average Bonchev–Trinajstić information content (AvgIpc) is 3.36. The molecule has 1 aromatic heterocycles. The normalized spacial score (nSPS) is 14.7. The number of hydrogen-bond acceptors (Lipinski definition) is 2. The Hall–Kier alpha value is -2.47. The molecule has 0 aliphatic heterocycles. The molecular weight excluding hydrogens is 286 g/mol. The number of hydrogen-bond donors (Lipinski definition) is 0. The zero-order valence-electron chi connectivity index (χ0n) is 13.8. The molecule has 0 radical (unpaired) electrons. The lowest BCUT2D eigenvalue weighted by Gasteiger charge is -2.19. The highest BCUT2D eigenvalue weighted by Gasteiger charge is 2.18. The van der Waals surface area contributed by atoms with Crippen molar-refractivity contribution in [2.75, 3.05) is 7.11 Å². The van der Waals surface area contributed by atoms with Gasteiger partial charge in [-0.05, 0) is 50.5 Å². The molecule has 1 aliphatic rings. The summed E-state index contributed by atoms with van der Waals surface area (Å²) in [5.74, 6) is 7.67. The van der Waals surface area contributed by atoms with Crippen LogP contribution in [0, 0.1) is 24.7 Å². The van der Waals surface area contributed by atoms with E-state index in [9.17, 15) is 4.79 Å². The molecule has 1 saturated carbocycles. The summed E-state index contributed by atoms with van der Waals surface area (Å²) in [6, 6.07) is 11.4. The highest BCUT2D eigenvalue weighted by Crippen LogP contribution is 2.27. The molecule has 1 unspecified atom stereocenters. The van der Waals surface area contributed by atoms with Crippen LogP contribution in [0.1, 0.15) is 42.6 Å². The molecule has 1 aromatic carbocycles. The van der Waals surface area contributed by atoms with E-state index in [1.54, 1.807) is 17.7 Å². The van der Waals surface area contributed by atoms with Crippen LogP contribution in [0.25, 0.3) is 0 Å². The fourth-order valence-corrected chi connectivity index (χ4v) is 2.74. The largest absolute Gasteiger partial charge is 0.497 e. The van der Waals surface area contributed by atoms with Gasteiger partial charge in [0.05, 0.1) is 13.2 Å². The van der Waals surface area contributed by atoms with Crippen LogP contribution in [0.2, 0.25) is 0 Å². The number of aromatic nitrogens is 1. The minimum absolute atomic E-state index is 0.0135. The van der Waals surface area contributed by atoms with Crippen LogP contribution in [0.5, 0.6) is 5.75 Å². The van der Waals surface area contributed by atoms with Crippen LogP contribution >= 0.6 is 0 Å². The standard InChI is InChI=1S/C20H21NO2/c1-14-11-17(10-9-16-7-8-16)12-20(22)21(14)15(2)18-5-4-6-19(13-18)23-3/h4-6,11-13,15-16H,7-8H2,1-3H3. The first-order valence-corrected chi connectivity index (χ1v) is 7.97. The van der Waals surface area contributed by atoms with Crippen LogP contribution in [0.3, 0.4) is 0 Å². The van der Waals surface area contributed by atoms with Crippen LogP contribution < -0.4 is 10.3 Å². The Balaban J connectivity index is 1.95. The summed E-state index contributed by atoms with van der Waals surface area (Å²) < 4.78 is 7.08. The van der Waals surface area contributed by atoms with E-state index in [4.69, 9.17) is 4.74 Å². The minimum Gasteiger partial charge on any atom is -0.497 e. The lowest BCUT2D eigenvalue weighted by molar-refractivity contribution is 0.413. The molecule has 0 amide bonds. The van der Waals surface area contributed by atoms with Gasteiger partial charge in [-0.2, -0.15) is 0 Å². The quantitative estimate of drug-likeness (QED) is 0.812. The highest BCUT2D eigenvalue weighted by atomic mass is 16.5. The van der Waals surface area contributed by atoms with Gasteiger partial charge in [-0.3, -0.25) is 4.79 Å². The van der Waals surface area contributed by atoms with Gasteiger partial charge in [0, 0.05) is 23.2 Å². The molecule has 1 heterocycles. The lowest BCUT2D eigenvalue weighted by Crippen LogP contribution is -2.25. The highest BCUT2D eigenvalue weighted by molar-refractivity contribution is 5.37. The second kappa shape index (κ2) is 6.34. The van der Waals surface area contributed by atoms with Crippen LogP contribution in [0.15, 0.2) is 41.2 Å². The number of ether oxygens (including phenoxy) is 1. The van der Waals surface area contributed by atoms with Crippen molar-refractivity contribution in [3.8, 4) is 17.6 Å². The summed E-state index contributed by atoms with van der Waals surface area (Å²) in [6.07, 6.45) is 2.38. The predicted molar refractivity (Wildman–Crippen MR) is 91.8 cm³/mol. The first-order valence-electron chi connectivity index (χ1n) is 7.97. The maximum atomic E-state index is 12.6. The van der Waals surface area contributed by atoms with Gasteiger partial charge in [-0.25, -0.2) is 0 Å². The van der Waals surface area contributed by atoms with E-state index in [0.717, 1.165) is 22.6 Å². The number of rotatable bonds is 3. The van der Waals surface area contributed by atoms with Crippen LogP contribution in [-0.4, -0.2) is 11.7 Å². The van der Waals surface area contributed by atoms with Crippen molar-refractivity contribution in [1.29, 1.82) is 0 Å². The Kier molecular flexibility index (Phi) is 4.25. The van der Waals surface area contributed by atoms with E-state index in [0.29, 0.717) is 5.92 Å². The maximum Gasteiger partial charge on any atom is 0.252 e. The summed E-state index contributed by atoms with van der Waals surface area (Å²) in [5, 5.41) is 0. The maximum absolute atomic E-state index is 12.6. The van der Waals surface area contributed by atoms with Gasteiger partial charge in [-0.15, -0.1) is 0 Å². The number of nitrogens with zero attached hydrogens (tertiary/aromatic N) is 1. The monoisotopic (exact) mass is 307 g/mol. The van der Waals surface area contributed by atoms with Crippen LogP contribution in [0.4, 0.5) is 0 Å². The second-order valence-electron chi connectivity index (χ2n) is 6.09. The molecule has 1 aliphatic carbocycles. The predicted octanol–water partition coefficient (Wildman–Crippen LogP) is 3.54. The fraction of sp³-hybridized carbons (Fsp3) is 0.350. The Labute approximate surface area is 136 Å². The fourth-order valence-electron chi connectivity index (χ4n) is 2.74. The Morgan fingerprint density at radius 3 is 2.70 bits per heavy atom. The van der Waals surface area contributed by atoms with Gasteiger partial charge in [0.1, 0.15) is 5.75 Å². The smallest absolute Gasteiger partial charge is 0.252 e. The lowest BCUT2D eigenvalue weighted by atomic mass is 10.1. The molecule has 23 heavy (non-hydrogen) atoms. The van der Waals surface area contributed by atoms with Gasteiger partial charge >= 0.3 is 0 Å². The van der Waals surface area contributed by atoms with E-state index < -0.39 is 0 Å². The van der Waals surface area contributed by atoms with Crippen molar-refractivity contribution >= 4 is 0 Å². The van der Waals surface area contributed by atoms with E-state index >= 15 is 0 Å². The van der Waals surface area contributed by atoms with Gasteiger partial charge in [-0.1, -0.05) is 24.0 Å². The Morgan fingerprint density at radius 2 is 2.04 bits per heavy atom. The topological polar surface area (TPSA) is 31.2 Å². The van der Waals surface area contributed by atoms with Crippen molar-refractivity contribution in [2.24, 2.45) is 5.92 Å². The Morgan fingerprint density at radius 1 is 1.26 bits per heavy atom. The van der Waals surface area contributed by atoms with E-state index in [2.05, 4.69) is 11.8 Å². The number of pyridine rings is 1. The summed E-state index contributed by atoms with van der Waals surface area (Å²) >= 11 is 0. The van der Waals surface area contributed by atoms with Crippen molar-refractivity contribution in [3.63, 3.8) is 0 Å². The van der Waals surface area contributed by atoms with E-state index in [-0.39, 0.29) is 11.6 Å². The molecule has 118 valence electrons. The van der Waals surface area contributed by atoms with Crippen molar-refractivity contribution in [1.82, 2.24) is 4.57 Å². The molecule has 0 saturated heterocycles. The summed E-state index contributed by atoms with van der Waals surface area (Å²) in [4.78, 5) is 12.6. The molecule has 3 rings (SSSR count). The third kappa shape index (κ3) is 3.48. The number of benzene rings is 1. The molecule has 1 fully saturated rings. The summed E-state index contributed by atoms with van der Waals surface area (Å²) in [5.41, 5.74) is 2.77. The Bertz CT molecular complexity index is 835. The third-order valence-corrected chi connectivity index (χ3v) is 4.22. The summed E-state index contributed by atoms with van der Waals surface area (Å²) in [7, 11) is 1.65. The van der Waals surface area contributed by atoms with Gasteiger partial charge < -0.3 is 9.30 Å². The molecule has 0 spiro atoms. The minimum atomic E-state index is -0.0527. The zero-order chi connectivity index (χ0) is 16.4. The molecular formula is C20H21NO2. The number of methoxy groups -OCH3 is 1. The first-order chi connectivity index (χ1) is 11.1. The van der Waals surface area contributed by atoms with Crippen molar-refractivity contribution in [3.05, 3.63) is 63.6 Å². The van der Waals surface area contributed by atoms with Crippen molar-refractivity contribution < 1.29 is 4.74 Å². The molecule has 3 nitrogen and oxygen atoms in total. The van der Waals surface area contributed by atoms with Gasteiger partial charge in [0.2, 0.25) is 0 Å². The molecule has 0 N–H and O–H groups in total. The number of aryl methyl sites for hydroxylation is 1. The molecule has 2 aromatic rings. The molecule has 1 atom stereocenters. The zero-order valence-corrected chi connectivity index (χ0v) is 13.8. The van der Waals surface area contributed by atoms with Gasteiger partial charge in [0.15, 0.2) is 0 Å². The molecule has 0 bridgehead atoms. The average molecular weight is 307 g/mol. The van der Waals surface area contributed by atoms with E-state index in [1.807, 2.05) is 44.2 Å². The van der Waals surface area contributed by atoms with Crippen molar-refractivity contribution in [2.45, 2.75) is 32.7 Å².